The monoisotopic (exact) mass is 398 g/mol. The van der Waals surface area contributed by atoms with Gasteiger partial charge in [0.25, 0.3) is 11.5 Å². The molecule has 1 amide bonds. The van der Waals surface area contributed by atoms with Crippen molar-refractivity contribution >= 4 is 23.6 Å². The molecule has 2 N–H and O–H groups in total. The van der Waals surface area contributed by atoms with Crippen LogP contribution in [0, 0.1) is 0 Å². The normalized spacial score (nSPS) is 15.3. The number of nitrogens with zero attached hydrogens (tertiary/aromatic N) is 2. The molecule has 10 heteroatoms. The van der Waals surface area contributed by atoms with Crippen molar-refractivity contribution in [3.05, 3.63) is 51.9 Å². The average Bonchev–Trinajstić information content (AvgIpc) is 3.34. The molecule has 1 heterocycles. The fourth-order valence-electron chi connectivity index (χ4n) is 2.64. The minimum absolute atomic E-state index is 0.0158. The van der Waals surface area contributed by atoms with Gasteiger partial charge in [-0.3, -0.25) is 14.6 Å². The second kappa shape index (κ2) is 6.91. The van der Waals surface area contributed by atoms with E-state index in [2.05, 4.69) is 15.3 Å². The van der Waals surface area contributed by atoms with Gasteiger partial charge in [-0.1, -0.05) is 12.1 Å². The molecular formula is C17H17F3N4O2S. The van der Waals surface area contributed by atoms with E-state index in [0.717, 1.165) is 11.6 Å². The van der Waals surface area contributed by atoms with Gasteiger partial charge in [0, 0.05) is 25.1 Å². The number of amides is 1. The zero-order valence-electron chi connectivity index (χ0n) is 14.6. The number of carbonyl (C=O) groups is 1. The van der Waals surface area contributed by atoms with Crippen LogP contribution in [0.5, 0.6) is 0 Å². The summed E-state index contributed by atoms with van der Waals surface area (Å²) in [5, 5.41) is 2.86. The maximum Gasteiger partial charge on any atom is 0.446 e. The molecule has 1 aliphatic rings. The molecule has 3 rings (SSSR count). The van der Waals surface area contributed by atoms with E-state index in [9.17, 15) is 22.8 Å². The molecule has 1 aromatic heterocycles. The lowest BCUT2D eigenvalue weighted by Crippen LogP contribution is -2.36. The van der Waals surface area contributed by atoms with E-state index in [4.69, 9.17) is 0 Å². The molecule has 27 heavy (non-hydrogen) atoms. The summed E-state index contributed by atoms with van der Waals surface area (Å²) in [6.07, 6.45) is 1.32. The minimum Gasteiger partial charge on any atom is -0.348 e. The first-order valence-electron chi connectivity index (χ1n) is 8.05. The second-order valence-corrected chi connectivity index (χ2v) is 7.60. The van der Waals surface area contributed by atoms with E-state index in [1.54, 1.807) is 31.1 Å². The molecule has 0 unspecified atom stereocenters. The molecule has 2 aromatic rings. The highest BCUT2D eigenvalue weighted by Crippen LogP contribution is 2.46. The molecular weight excluding hydrogens is 381 g/mol. The SMILES string of the molecule is CN(C)c1nc(C(=O)NC2(c3ccc(SC(F)(F)F)cc3)CC2)cc(=O)[nH]1. The molecule has 1 aromatic carbocycles. The Labute approximate surface area is 157 Å². The van der Waals surface area contributed by atoms with Gasteiger partial charge >= 0.3 is 5.51 Å². The number of H-pyrrole nitrogens is 1. The van der Waals surface area contributed by atoms with Crippen LogP contribution in [0.25, 0.3) is 0 Å². The smallest absolute Gasteiger partial charge is 0.348 e. The molecule has 0 saturated heterocycles. The number of hydrogen-bond donors (Lipinski definition) is 2. The standard InChI is InChI=1S/C17H17F3N4O2S/c1-24(2)15-21-12(9-13(25)22-15)14(26)23-16(7-8-16)10-3-5-11(6-4-10)27-17(18,19)20/h3-6,9H,7-8H2,1-2H3,(H,23,26)(H,21,22,25). The first kappa shape index (κ1) is 19.3. The third-order valence-electron chi connectivity index (χ3n) is 4.13. The van der Waals surface area contributed by atoms with E-state index < -0.39 is 22.5 Å². The third-order valence-corrected chi connectivity index (χ3v) is 4.87. The van der Waals surface area contributed by atoms with Crippen LogP contribution in [0.4, 0.5) is 19.1 Å². The molecule has 0 spiro atoms. The van der Waals surface area contributed by atoms with Crippen LogP contribution in [0.1, 0.15) is 28.9 Å². The van der Waals surface area contributed by atoms with Crippen LogP contribution in [0.2, 0.25) is 0 Å². The number of hydrogen-bond acceptors (Lipinski definition) is 5. The molecule has 0 radical (unpaired) electrons. The van der Waals surface area contributed by atoms with Crippen molar-refractivity contribution in [2.75, 3.05) is 19.0 Å². The first-order valence-corrected chi connectivity index (χ1v) is 8.87. The third kappa shape index (κ3) is 4.62. The van der Waals surface area contributed by atoms with Gasteiger partial charge in [-0.05, 0) is 42.3 Å². The van der Waals surface area contributed by atoms with Gasteiger partial charge in [-0.2, -0.15) is 13.2 Å². The summed E-state index contributed by atoms with van der Waals surface area (Å²) in [5.74, 6) is -0.249. The Balaban J connectivity index is 1.77. The van der Waals surface area contributed by atoms with Crippen LogP contribution in [0.3, 0.4) is 0 Å². The van der Waals surface area contributed by atoms with Crippen molar-refractivity contribution in [3.8, 4) is 0 Å². The highest BCUT2D eigenvalue weighted by Gasteiger charge is 2.46. The molecule has 0 aliphatic heterocycles. The van der Waals surface area contributed by atoms with Gasteiger partial charge in [-0.15, -0.1) is 0 Å². The van der Waals surface area contributed by atoms with E-state index in [0.29, 0.717) is 12.8 Å². The fraction of sp³-hybridized carbons (Fsp3) is 0.353. The summed E-state index contributed by atoms with van der Waals surface area (Å²) in [6.45, 7) is 0. The number of aromatic nitrogens is 2. The molecule has 6 nitrogen and oxygen atoms in total. The average molecular weight is 398 g/mol. The lowest BCUT2D eigenvalue weighted by atomic mass is 10.0. The Morgan fingerprint density at radius 1 is 1.26 bits per heavy atom. The van der Waals surface area contributed by atoms with Crippen LogP contribution in [-0.2, 0) is 5.54 Å². The Kier molecular flexibility index (Phi) is 4.94. The Hall–Kier alpha value is -2.49. The van der Waals surface area contributed by atoms with Crippen molar-refractivity contribution in [1.82, 2.24) is 15.3 Å². The number of nitrogens with one attached hydrogen (secondary N) is 2. The van der Waals surface area contributed by atoms with Crippen molar-refractivity contribution in [2.45, 2.75) is 28.8 Å². The molecule has 1 fully saturated rings. The lowest BCUT2D eigenvalue weighted by molar-refractivity contribution is -0.0328. The van der Waals surface area contributed by atoms with Crippen molar-refractivity contribution in [2.24, 2.45) is 0 Å². The minimum atomic E-state index is -4.34. The number of alkyl halides is 3. The number of carbonyl (C=O) groups excluding carboxylic acids is 1. The van der Waals surface area contributed by atoms with E-state index in [-0.39, 0.29) is 28.3 Å². The van der Waals surface area contributed by atoms with Crippen LogP contribution in [-0.4, -0.2) is 35.5 Å². The quantitative estimate of drug-likeness (QED) is 0.758. The van der Waals surface area contributed by atoms with Gasteiger partial charge in [0.05, 0.1) is 5.54 Å². The number of thioether (sulfide) groups is 1. The van der Waals surface area contributed by atoms with Gasteiger partial charge in [0.2, 0.25) is 5.95 Å². The fourth-order valence-corrected chi connectivity index (χ4v) is 3.18. The molecule has 144 valence electrons. The van der Waals surface area contributed by atoms with Crippen molar-refractivity contribution < 1.29 is 18.0 Å². The highest BCUT2D eigenvalue weighted by atomic mass is 32.2. The van der Waals surface area contributed by atoms with E-state index >= 15 is 0 Å². The molecule has 0 bridgehead atoms. The molecule has 1 aliphatic carbocycles. The number of halogens is 3. The van der Waals surface area contributed by atoms with E-state index in [1.165, 1.54) is 12.1 Å². The summed E-state index contributed by atoms with van der Waals surface area (Å²) >= 11 is -0.183. The number of benzene rings is 1. The second-order valence-electron chi connectivity index (χ2n) is 6.46. The predicted octanol–water partition coefficient (Wildman–Crippen LogP) is 2.87. The Morgan fingerprint density at radius 2 is 1.89 bits per heavy atom. The number of rotatable bonds is 5. The molecule has 1 saturated carbocycles. The maximum atomic E-state index is 12.6. The zero-order valence-corrected chi connectivity index (χ0v) is 15.4. The van der Waals surface area contributed by atoms with Gasteiger partial charge < -0.3 is 10.2 Å². The van der Waals surface area contributed by atoms with Crippen LogP contribution >= 0.6 is 11.8 Å². The van der Waals surface area contributed by atoms with Crippen molar-refractivity contribution in [3.63, 3.8) is 0 Å². The summed E-state index contributed by atoms with van der Waals surface area (Å²) in [5.41, 5.74) is -4.72. The van der Waals surface area contributed by atoms with Gasteiger partial charge in [0.1, 0.15) is 5.69 Å². The van der Waals surface area contributed by atoms with Crippen molar-refractivity contribution in [1.29, 1.82) is 0 Å². The van der Waals surface area contributed by atoms with Gasteiger partial charge in [-0.25, -0.2) is 4.98 Å². The maximum absolute atomic E-state index is 12.6. The first-order chi connectivity index (χ1) is 12.6. The number of aromatic amines is 1. The summed E-state index contributed by atoms with van der Waals surface area (Å²) in [6, 6.07) is 7.04. The molecule has 0 atom stereocenters. The van der Waals surface area contributed by atoms with Crippen LogP contribution < -0.4 is 15.8 Å². The Bertz CT molecular complexity index is 906. The highest BCUT2D eigenvalue weighted by molar-refractivity contribution is 8.00. The largest absolute Gasteiger partial charge is 0.446 e. The zero-order chi connectivity index (χ0) is 19.8. The van der Waals surface area contributed by atoms with Gasteiger partial charge in [0.15, 0.2) is 0 Å². The lowest BCUT2D eigenvalue weighted by Gasteiger charge is -2.19. The summed E-state index contributed by atoms with van der Waals surface area (Å²) in [7, 11) is 3.37. The summed E-state index contributed by atoms with van der Waals surface area (Å²) in [4.78, 5) is 32.6. The summed E-state index contributed by atoms with van der Waals surface area (Å²) < 4.78 is 37.3. The predicted molar refractivity (Wildman–Crippen MR) is 95.9 cm³/mol. The van der Waals surface area contributed by atoms with E-state index in [1.807, 2.05) is 0 Å². The Morgan fingerprint density at radius 3 is 2.41 bits per heavy atom. The van der Waals surface area contributed by atoms with Crippen LogP contribution in [0.15, 0.2) is 40.0 Å². The number of anilines is 1. The topological polar surface area (TPSA) is 78.1 Å².